The number of ether oxygens (including phenoxy) is 1. The summed E-state index contributed by atoms with van der Waals surface area (Å²) >= 11 is 2.67. The van der Waals surface area contributed by atoms with Gasteiger partial charge in [-0.3, -0.25) is 0 Å². The van der Waals surface area contributed by atoms with Gasteiger partial charge >= 0.3 is 181 Å². The molecule has 1 aliphatic heterocycles. The van der Waals surface area contributed by atoms with Crippen LogP contribution in [0.4, 0.5) is 5.69 Å². The van der Waals surface area contributed by atoms with Crippen LogP contribution in [0, 0.1) is 0 Å². The quantitative estimate of drug-likeness (QED) is 0.419. The Kier molecular flexibility index (Phi) is 5.66. The van der Waals surface area contributed by atoms with Crippen LogP contribution in [-0.4, -0.2) is 40.5 Å². The van der Waals surface area contributed by atoms with Crippen molar-refractivity contribution >= 4 is 22.5 Å². The van der Waals surface area contributed by atoms with Crippen molar-refractivity contribution in [3.63, 3.8) is 0 Å². The first-order valence-electron chi connectivity index (χ1n) is 9.60. The Balaban J connectivity index is 1.84. The Labute approximate surface area is 180 Å². The van der Waals surface area contributed by atoms with Crippen molar-refractivity contribution in [2.45, 2.75) is 13.0 Å². The number of hydrogen-bond donors (Lipinski definition) is 0. The SMILES string of the molecule is COc1ccc(-c2ccccc2C(C)[N+]2(c3cccnc3)C=C([As])C=CC2)cn1. The Morgan fingerprint density at radius 3 is 2.62 bits per heavy atom. The molecule has 0 aliphatic carbocycles. The van der Waals surface area contributed by atoms with Crippen molar-refractivity contribution in [3.05, 3.63) is 95.4 Å². The minimum absolute atomic E-state index is 0.182. The first-order valence-corrected chi connectivity index (χ1v) is 10.5. The molecule has 5 heteroatoms. The third-order valence-corrected chi connectivity index (χ3v) is 6.10. The fourth-order valence-electron chi connectivity index (χ4n) is 3.99. The second-order valence-electron chi connectivity index (χ2n) is 7.13. The predicted octanol–water partition coefficient (Wildman–Crippen LogP) is 4.80. The van der Waals surface area contributed by atoms with Crippen LogP contribution in [0.2, 0.25) is 0 Å². The van der Waals surface area contributed by atoms with Gasteiger partial charge < -0.3 is 0 Å². The van der Waals surface area contributed by atoms with E-state index in [1.807, 2.05) is 30.7 Å². The van der Waals surface area contributed by atoms with Gasteiger partial charge in [-0.2, -0.15) is 0 Å². The minimum atomic E-state index is 0.182. The summed E-state index contributed by atoms with van der Waals surface area (Å²) in [7, 11) is 1.64. The molecule has 2 radical (unpaired) electrons. The zero-order chi connectivity index (χ0) is 20.3. The number of hydrogen-bond acceptors (Lipinski definition) is 3. The number of allylic oxidation sites excluding steroid dienone is 2. The van der Waals surface area contributed by atoms with Crippen LogP contribution in [0.5, 0.6) is 5.88 Å². The molecule has 2 unspecified atom stereocenters. The topological polar surface area (TPSA) is 35.0 Å². The molecule has 3 aromatic rings. The molecule has 0 saturated carbocycles. The molecule has 0 bridgehead atoms. The first kappa shape index (κ1) is 19.6. The van der Waals surface area contributed by atoms with Crippen LogP contribution >= 0.6 is 0 Å². The van der Waals surface area contributed by atoms with E-state index in [9.17, 15) is 0 Å². The second-order valence-corrected chi connectivity index (χ2v) is 8.22. The molecule has 4 nitrogen and oxygen atoms in total. The number of aromatic nitrogens is 2. The summed E-state index contributed by atoms with van der Waals surface area (Å²) in [5.41, 5.74) is 4.72. The molecular formula is C24H23AsN3O+. The molecule has 2 atom stereocenters. The van der Waals surface area contributed by atoms with E-state index in [2.05, 4.69) is 88.5 Å². The van der Waals surface area contributed by atoms with Crippen molar-refractivity contribution < 1.29 is 4.74 Å². The Morgan fingerprint density at radius 1 is 1.07 bits per heavy atom. The van der Waals surface area contributed by atoms with E-state index >= 15 is 0 Å². The van der Waals surface area contributed by atoms with Gasteiger partial charge in [0.25, 0.3) is 0 Å². The summed E-state index contributed by atoms with van der Waals surface area (Å²) in [6, 6.07) is 16.9. The van der Waals surface area contributed by atoms with E-state index in [0.717, 1.165) is 12.1 Å². The van der Waals surface area contributed by atoms with Crippen LogP contribution in [0.25, 0.3) is 11.1 Å². The predicted molar refractivity (Wildman–Crippen MR) is 119 cm³/mol. The molecule has 0 saturated heterocycles. The molecule has 4 rings (SSSR count). The molecule has 1 aliphatic rings. The van der Waals surface area contributed by atoms with Crippen molar-refractivity contribution in [2.75, 3.05) is 13.7 Å². The third-order valence-electron chi connectivity index (χ3n) is 5.54. The Bertz CT molecular complexity index is 1050. The van der Waals surface area contributed by atoms with Crippen LogP contribution < -0.4 is 9.22 Å². The molecule has 2 aromatic heterocycles. The first-order chi connectivity index (χ1) is 14.1. The van der Waals surface area contributed by atoms with E-state index in [0.29, 0.717) is 10.4 Å². The number of quaternary nitrogens is 1. The van der Waals surface area contributed by atoms with E-state index < -0.39 is 0 Å². The van der Waals surface area contributed by atoms with Crippen LogP contribution in [0.3, 0.4) is 0 Å². The summed E-state index contributed by atoms with van der Waals surface area (Å²) < 4.78 is 7.11. The standard InChI is InChI=1S/C24H23AsN3O/c1-18(28(14-6-7-20(25)17-28)21-8-5-13-26-16-21)22-9-3-4-10-23(22)19-11-12-24(29-2)27-15-19/h3-13,15-18H,14H2,1-2H3/q+1. The average Bonchev–Trinajstić information content (AvgIpc) is 2.79. The van der Waals surface area contributed by atoms with Gasteiger partial charge in [0, 0.05) is 0 Å². The molecule has 1 aromatic carbocycles. The van der Waals surface area contributed by atoms with Gasteiger partial charge in [-0.25, -0.2) is 0 Å². The summed E-state index contributed by atoms with van der Waals surface area (Å²) in [4.78, 5) is 8.82. The van der Waals surface area contributed by atoms with Gasteiger partial charge in [-0.1, -0.05) is 0 Å². The van der Waals surface area contributed by atoms with Gasteiger partial charge in [0.05, 0.1) is 0 Å². The maximum atomic E-state index is 5.23. The van der Waals surface area contributed by atoms with Crippen molar-refractivity contribution in [3.8, 4) is 17.0 Å². The van der Waals surface area contributed by atoms with E-state index in [1.165, 1.54) is 21.2 Å². The van der Waals surface area contributed by atoms with Crippen molar-refractivity contribution in [1.82, 2.24) is 14.5 Å². The van der Waals surface area contributed by atoms with Crippen LogP contribution in [0.1, 0.15) is 18.5 Å². The Hall–Kier alpha value is -2.68. The Morgan fingerprint density at radius 2 is 1.93 bits per heavy atom. The number of nitrogens with zero attached hydrogens (tertiary/aromatic N) is 3. The van der Waals surface area contributed by atoms with Gasteiger partial charge in [-0.15, -0.1) is 0 Å². The molecule has 0 fully saturated rings. The summed E-state index contributed by atoms with van der Waals surface area (Å²) in [5, 5.41) is 0. The second kappa shape index (κ2) is 8.36. The summed E-state index contributed by atoms with van der Waals surface area (Å²) in [6.07, 6.45) is 12.4. The molecule has 0 N–H and O–H groups in total. The maximum absolute atomic E-state index is 5.23. The molecule has 0 spiro atoms. The van der Waals surface area contributed by atoms with Crippen molar-refractivity contribution in [1.29, 1.82) is 0 Å². The van der Waals surface area contributed by atoms with Gasteiger partial charge in [0.2, 0.25) is 0 Å². The monoisotopic (exact) mass is 444 g/mol. The number of methoxy groups -OCH3 is 1. The van der Waals surface area contributed by atoms with E-state index in [1.54, 1.807) is 7.11 Å². The average molecular weight is 444 g/mol. The van der Waals surface area contributed by atoms with E-state index in [-0.39, 0.29) is 6.04 Å². The number of pyridine rings is 2. The van der Waals surface area contributed by atoms with Gasteiger partial charge in [0.1, 0.15) is 0 Å². The summed E-state index contributed by atoms with van der Waals surface area (Å²) in [5.74, 6) is 0.621. The van der Waals surface area contributed by atoms with Crippen molar-refractivity contribution in [2.24, 2.45) is 0 Å². The zero-order valence-corrected chi connectivity index (χ0v) is 18.4. The molecular weight excluding hydrogens is 421 g/mol. The van der Waals surface area contributed by atoms with Gasteiger partial charge in [0.15, 0.2) is 0 Å². The van der Waals surface area contributed by atoms with E-state index in [4.69, 9.17) is 4.74 Å². The zero-order valence-electron chi connectivity index (χ0n) is 16.6. The summed E-state index contributed by atoms with van der Waals surface area (Å²) in [6.45, 7) is 3.17. The normalized spacial score (nSPS) is 19.5. The molecule has 29 heavy (non-hydrogen) atoms. The molecule has 0 amide bonds. The molecule has 144 valence electrons. The van der Waals surface area contributed by atoms with Crippen LogP contribution in [0.15, 0.2) is 89.8 Å². The van der Waals surface area contributed by atoms with Crippen LogP contribution in [-0.2, 0) is 0 Å². The third kappa shape index (κ3) is 3.78. The molecule has 3 heterocycles. The fourth-order valence-corrected chi connectivity index (χ4v) is 4.64. The van der Waals surface area contributed by atoms with Gasteiger partial charge in [-0.05, 0) is 0 Å². The fraction of sp³-hybridized carbons (Fsp3) is 0.167. The number of benzene rings is 1. The number of rotatable bonds is 5.